The molecule has 0 aliphatic carbocycles. The Labute approximate surface area is 111 Å². The van der Waals surface area contributed by atoms with Gasteiger partial charge in [0.1, 0.15) is 6.67 Å². The topological polar surface area (TPSA) is 0 Å². The van der Waals surface area contributed by atoms with Crippen molar-refractivity contribution >= 4 is 15.9 Å². The lowest BCUT2D eigenvalue weighted by Gasteiger charge is -2.24. The van der Waals surface area contributed by atoms with Gasteiger partial charge in [-0.25, -0.2) is 39.5 Å². The summed E-state index contributed by atoms with van der Waals surface area (Å²) in [5, 5.41) is -2.69. The summed E-state index contributed by atoms with van der Waals surface area (Å²) in [7, 11) is 0. The molecule has 0 aromatic carbocycles. The predicted molar refractivity (Wildman–Crippen MR) is 54.1 cm³/mol. The Hall–Kier alpha value is -0.150. The van der Waals surface area contributed by atoms with Gasteiger partial charge in [0, 0.05) is 0 Å². The molecule has 116 valence electrons. The van der Waals surface area contributed by atoms with E-state index in [0.717, 1.165) is 0 Å². The zero-order valence-corrected chi connectivity index (χ0v) is 10.7. The zero-order chi connectivity index (χ0) is 15.3. The molecule has 0 spiro atoms. The molecule has 8 atom stereocenters. The summed E-state index contributed by atoms with van der Waals surface area (Å²) in [5.41, 5.74) is 0. The van der Waals surface area contributed by atoms with Gasteiger partial charge in [0.2, 0.25) is 0 Å². The van der Waals surface area contributed by atoms with Crippen molar-refractivity contribution in [3.05, 3.63) is 0 Å². The first-order valence-electron chi connectivity index (χ1n) is 4.97. The monoisotopic (exact) mass is 368 g/mol. The SMILES string of the molecule is FCC(F)C(F)C(F)C(F)C(F)C(F)C(F)C(F)Br. The molecule has 0 amide bonds. The molecule has 0 heterocycles. The maximum atomic E-state index is 13.0. The summed E-state index contributed by atoms with van der Waals surface area (Å²) in [4.78, 5) is 0. The fourth-order valence-electron chi connectivity index (χ4n) is 1.13. The van der Waals surface area contributed by atoms with Crippen LogP contribution in [0.2, 0.25) is 0 Å². The summed E-state index contributed by atoms with van der Waals surface area (Å²) in [6.07, 6.45) is -23.7. The molecule has 10 heteroatoms. The van der Waals surface area contributed by atoms with Crippen molar-refractivity contribution in [1.29, 1.82) is 0 Å². The van der Waals surface area contributed by atoms with Gasteiger partial charge in [0.25, 0.3) is 0 Å². The number of alkyl halides is 10. The molecule has 0 radical (unpaired) electrons. The lowest BCUT2D eigenvalue weighted by atomic mass is 10.00. The third-order valence-electron chi connectivity index (χ3n) is 2.25. The minimum absolute atomic E-state index is 1.91. The first-order chi connectivity index (χ1) is 8.64. The van der Waals surface area contributed by atoms with E-state index in [0.29, 0.717) is 0 Å². The minimum Gasteiger partial charge on any atom is -0.248 e. The van der Waals surface area contributed by atoms with Crippen molar-refractivity contribution < 1.29 is 39.5 Å². The number of hydrogen-bond acceptors (Lipinski definition) is 0. The second kappa shape index (κ2) is 8.21. The standard InChI is InChI=1S/C9H10BrF9/c10-9(19)8(18)7(17)6(16)5(15)4(14)3(13)2(12)1-11/h2-9H,1H2. The van der Waals surface area contributed by atoms with Gasteiger partial charge < -0.3 is 0 Å². The van der Waals surface area contributed by atoms with Crippen LogP contribution in [0.3, 0.4) is 0 Å². The van der Waals surface area contributed by atoms with Gasteiger partial charge in [-0.15, -0.1) is 0 Å². The van der Waals surface area contributed by atoms with Gasteiger partial charge in [-0.3, -0.25) is 0 Å². The molecule has 0 aromatic heterocycles. The van der Waals surface area contributed by atoms with E-state index in [-0.39, 0.29) is 0 Å². The molecule has 0 fully saturated rings. The minimum atomic E-state index is -3.60. The first kappa shape index (κ1) is 18.9. The zero-order valence-electron chi connectivity index (χ0n) is 9.11. The fourth-order valence-corrected chi connectivity index (χ4v) is 1.42. The summed E-state index contributed by atoms with van der Waals surface area (Å²) in [5.74, 6) is 0. The molecule has 0 aliphatic heterocycles. The second-order valence-corrected chi connectivity index (χ2v) is 4.55. The Morgan fingerprint density at radius 3 is 1.21 bits per heavy atom. The number of halogens is 10. The van der Waals surface area contributed by atoms with Crippen molar-refractivity contribution in [1.82, 2.24) is 0 Å². The van der Waals surface area contributed by atoms with Crippen LogP contribution in [0.25, 0.3) is 0 Å². The molecule has 19 heavy (non-hydrogen) atoms. The molecule has 0 bridgehead atoms. The Bertz CT molecular complexity index is 254. The predicted octanol–water partition coefficient (Wildman–Crippen LogP) is 4.01. The maximum absolute atomic E-state index is 13.0. The molecule has 0 N–H and O–H groups in total. The van der Waals surface area contributed by atoms with Gasteiger partial charge in [-0.1, -0.05) is 0 Å². The van der Waals surface area contributed by atoms with Crippen LogP contribution in [0.5, 0.6) is 0 Å². The van der Waals surface area contributed by atoms with Crippen LogP contribution in [0.15, 0.2) is 0 Å². The van der Waals surface area contributed by atoms with Crippen LogP contribution < -0.4 is 0 Å². The second-order valence-electron chi connectivity index (χ2n) is 3.67. The highest BCUT2D eigenvalue weighted by molar-refractivity contribution is 9.09. The first-order valence-corrected chi connectivity index (χ1v) is 5.89. The van der Waals surface area contributed by atoms with E-state index in [1.807, 2.05) is 15.9 Å². The largest absolute Gasteiger partial charge is 0.248 e. The summed E-state index contributed by atoms with van der Waals surface area (Å²) < 4.78 is 113. The van der Waals surface area contributed by atoms with E-state index >= 15 is 0 Å². The van der Waals surface area contributed by atoms with Crippen LogP contribution in [0.4, 0.5) is 39.5 Å². The van der Waals surface area contributed by atoms with E-state index in [1.54, 1.807) is 0 Å². The maximum Gasteiger partial charge on any atom is 0.188 e. The van der Waals surface area contributed by atoms with Crippen LogP contribution in [0.1, 0.15) is 0 Å². The molecular formula is C9H10BrF9. The average Bonchev–Trinajstić information content (AvgIpc) is 2.40. The molecule has 0 aliphatic rings. The highest BCUT2D eigenvalue weighted by atomic mass is 79.9. The molecule has 0 saturated carbocycles. The molecule has 8 unspecified atom stereocenters. The smallest absolute Gasteiger partial charge is 0.188 e. The van der Waals surface area contributed by atoms with E-state index in [1.165, 1.54) is 0 Å². The molecule has 0 rings (SSSR count). The van der Waals surface area contributed by atoms with Crippen molar-refractivity contribution in [2.75, 3.05) is 6.67 Å². The fraction of sp³-hybridized carbons (Fsp3) is 1.00. The van der Waals surface area contributed by atoms with Crippen LogP contribution >= 0.6 is 15.9 Å². The van der Waals surface area contributed by atoms with Crippen LogP contribution in [0, 0.1) is 0 Å². The summed E-state index contributed by atoms with van der Waals surface area (Å²) in [6.45, 7) is -2.00. The Morgan fingerprint density at radius 1 is 0.579 bits per heavy atom. The van der Waals surface area contributed by atoms with Crippen LogP contribution in [-0.4, -0.2) is 55.0 Å². The molecule has 0 nitrogen and oxygen atoms in total. The quantitative estimate of drug-likeness (QED) is 0.448. The highest BCUT2D eigenvalue weighted by Crippen LogP contribution is 2.28. The Balaban J connectivity index is 4.67. The summed E-state index contributed by atoms with van der Waals surface area (Å²) in [6, 6.07) is 0. The third-order valence-corrected chi connectivity index (χ3v) is 2.76. The Kier molecular flexibility index (Phi) is 8.14. The van der Waals surface area contributed by atoms with E-state index in [2.05, 4.69) is 0 Å². The third kappa shape index (κ3) is 5.03. The van der Waals surface area contributed by atoms with Gasteiger partial charge in [0.05, 0.1) is 0 Å². The number of rotatable bonds is 8. The normalized spacial score (nSPS) is 24.9. The van der Waals surface area contributed by atoms with Crippen molar-refractivity contribution in [3.63, 3.8) is 0 Å². The lowest BCUT2D eigenvalue weighted by Crippen LogP contribution is -2.46. The van der Waals surface area contributed by atoms with E-state index < -0.39 is 55.0 Å². The van der Waals surface area contributed by atoms with E-state index in [4.69, 9.17) is 0 Å². The van der Waals surface area contributed by atoms with Crippen molar-refractivity contribution in [3.8, 4) is 0 Å². The Morgan fingerprint density at radius 2 is 0.895 bits per heavy atom. The molecule has 0 aromatic rings. The average molecular weight is 369 g/mol. The lowest BCUT2D eigenvalue weighted by molar-refractivity contribution is -0.0413. The summed E-state index contributed by atoms with van der Waals surface area (Å²) >= 11 is 1.91. The van der Waals surface area contributed by atoms with Gasteiger partial charge >= 0.3 is 0 Å². The molecular weight excluding hydrogens is 359 g/mol. The van der Waals surface area contributed by atoms with Gasteiger partial charge in [-0.2, -0.15) is 0 Å². The molecule has 0 saturated heterocycles. The number of hydrogen-bond donors (Lipinski definition) is 0. The van der Waals surface area contributed by atoms with Crippen molar-refractivity contribution in [2.45, 2.75) is 48.3 Å². The van der Waals surface area contributed by atoms with Crippen LogP contribution in [-0.2, 0) is 0 Å². The highest BCUT2D eigenvalue weighted by Gasteiger charge is 2.46. The van der Waals surface area contributed by atoms with E-state index in [9.17, 15) is 39.5 Å². The van der Waals surface area contributed by atoms with Crippen molar-refractivity contribution in [2.24, 2.45) is 0 Å². The van der Waals surface area contributed by atoms with Gasteiger partial charge in [0.15, 0.2) is 48.3 Å². The van der Waals surface area contributed by atoms with Gasteiger partial charge in [-0.05, 0) is 15.9 Å².